The van der Waals surface area contributed by atoms with Crippen molar-refractivity contribution in [2.45, 2.75) is 0 Å². The smallest absolute Gasteiger partial charge is 0.245 e. The van der Waals surface area contributed by atoms with Crippen molar-refractivity contribution in [3.63, 3.8) is 0 Å². The highest BCUT2D eigenvalue weighted by Gasteiger charge is 2.22. The Morgan fingerprint density at radius 3 is 2.19 bits per heavy atom. The second-order valence-corrected chi connectivity index (χ2v) is 9.72. The van der Waals surface area contributed by atoms with Crippen molar-refractivity contribution in [1.29, 1.82) is 0 Å². The van der Waals surface area contributed by atoms with Crippen LogP contribution in [-0.4, -0.2) is 27.1 Å². The molecule has 10 heteroatoms. The lowest BCUT2D eigenvalue weighted by molar-refractivity contribution is -0.114. The zero-order chi connectivity index (χ0) is 22.6. The maximum absolute atomic E-state index is 12.7. The summed E-state index contributed by atoms with van der Waals surface area (Å²) in [6.07, 6.45) is 0.985. The summed E-state index contributed by atoms with van der Waals surface area (Å²) in [6.45, 7) is -0.507. The van der Waals surface area contributed by atoms with Gasteiger partial charge < -0.3 is 10.1 Å². The number of carbonyl (C=O) groups excluding carboxylic acids is 1. The molecule has 0 bridgehead atoms. The summed E-state index contributed by atoms with van der Waals surface area (Å²) in [5, 5.41) is 3.51. The summed E-state index contributed by atoms with van der Waals surface area (Å²) in [5.41, 5.74) is 0.459. The number of hydrogen-bond donors (Lipinski definition) is 1. The van der Waals surface area contributed by atoms with Gasteiger partial charge in [-0.15, -0.1) is 0 Å². The molecule has 0 saturated carbocycles. The van der Waals surface area contributed by atoms with Crippen LogP contribution in [0.2, 0.25) is 15.1 Å². The Bertz CT molecular complexity index is 1180. The van der Waals surface area contributed by atoms with Gasteiger partial charge in [-0.1, -0.05) is 53.0 Å². The van der Waals surface area contributed by atoms with Gasteiger partial charge in [0.25, 0.3) is 0 Å². The van der Waals surface area contributed by atoms with Crippen LogP contribution in [-0.2, 0) is 14.8 Å². The van der Waals surface area contributed by atoms with E-state index in [2.05, 4.69) is 5.32 Å². The van der Waals surface area contributed by atoms with Crippen LogP contribution < -0.4 is 14.4 Å². The van der Waals surface area contributed by atoms with Crippen molar-refractivity contribution in [2.75, 3.05) is 22.4 Å². The zero-order valence-electron chi connectivity index (χ0n) is 16.2. The Kier molecular flexibility index (Phi) is 7.33. The van der Waals surface area contributed by atoms with Crippen LogP contribution in [0, 0.1) is 0 Å². The van der Waals surface area contributed by atoms with E-state index in [1.54, 1.807) is 24.3 Å². The molecular weight excluding hydrogens is 483 g/mol. The van der Waals surface area contributed by atoms with Crippen LogP contribution >= 0.6 is 34.8 Å². The molecule has 0 aromatic heterocycles. The van der Waals surface area contributed by atoms with Gasteiger partial charge in [0.2, 0.25) is 15.9 Å². The molecule has 3 aromatic rings. The first-order valence-electron chi connectivity index (χ1n) is 8.88. The number of rotatable bonds is 7. The third-order valence-corrected chi connectivity index (χ3v) is 5.82. The number of hydrogen-bond acceptors (Lipinski definition) is 4. The minimum Gasteiger partial charge on any atom is -0.455 e. The average molecular weight is 500 g/mol. The summed E-state index contributed by atoms with van der Waals surface area (Å²) in [6, 6.07) is 18.0. The zero-order valence-corrected chi connectivity index (χ0v) is 19.3. The van der Waals surface area contributed by atoms with E-state index in [4.69, 9.17) is 39.5 Å². The molecule has 0 aliphatic rings. The fourth-order valence-corrected chi connectivity index (χ4v) is 4.23. The van der Waals surface area contributed by atoms with Gasteiger partial charge in [0.1, 0.15) is 12.3 Å². The topological polar surface area (TPSA) is 75.7 Å². The first-order valence-corrected chi connectivity index (χ1v) is 11.9. The van der Waals surface area contributed by atoms with Gasteiger partial charge >= 0.3 is 0 Å². The molecule has 1 N–H and O–H groups in total. The van der Waals surface area contributed by atoms with Gasteiger partial charge in [0.05, 0.1) is 17.6 Å². The number of carbonyl (C=O) groups is 1. The SMILES string of the molecule is CS(=O)(=O)N(CC(=O)Nc1cc(Cl)ccc1Oc1ccccc1)c1cc(Cl)cc(Cl)c1. The Morgan fingerprint density at radius 2 is 1.58 bits per heavy atom. The highest BCUT2D eigenvalue weighted by molar-refractivity contribution is 7.92. The van der Waals surface area contributed by atoms with Crippen molar-refractivity contribution in [3.8, 4) is 11.5 Å². The Morgan fingerprint density at radius 1 is 0.935 bits per heavy atom. The van der Waals surface area contributed by atoms with Gasteiger partial charge in [-0.2, -0.15) is 0 Å². The lowest BCUT2D eigenvalue weighted by Gasteiger charge is -2.22. The van der Waals surface area contributed by atoms with Crippen LogP contribution in [0.4, 0.5) is 11.4 Å². The molecule has 0 unspecified atom stereocenters. The maximum Gasteiger partial charge on any atom is 0.245 e. The average Bonchev–Trinajstić information content (AvgIpc) is 2.67. The molecule has 31 heavy (non-hydrogen) atoms. The van der Waals surface area contributed by atoms with Crippen LogP contribution in [0.1, 0.15) is 0 Å². The molecule has 1 amide bonds. The van der Waals surface area contributed by atoms with E-state index >= 15 is 0 Å². The second kappa shape index (κ2) is 9.78. The fourth-order valence-electron chi connectivity index (χ4n) is 2.71. The first-order chi connectivity index (χ1) is 14.6. The van der Waals surface area contributed by atoms with E-state index in [9.17, 15) is 13.2 Å². The minimum absolute atomic E-state index is 0.169. The van der Waals surface area contributed by atoms with E-state index in [-0.39, 0.29) is 15.7 Å². The van der Waals surface area contributed by atoms with Crippen molar-refractivity contribution in [1.82, 2.24) is 0 Å². The van der Waals surface area contributed by atoms with E-state index in [1.165, 1.54) is 24.3 Å². The van der Waals surface area contributed by atoms with Crippen LogP contribution in [0.25, 0.3) is 0 Å². The minimum atomic E-state index is -3.81. The molecule has 162 valence electrons. The number of halogens is 3. The molecule has 0 aliphatic carbocycles. The van der Waals surface area contributed by atoms with Crippen molar-refractivity contribution >= 4 is 62.1 Å². The number of para-hydroxylation sites is 1. The summed E-state index contributed by atoms with van der Waals surface area (Å²) < 4.78 is 31.4. The van der Waals surface area contributed by atoms with Crippen molar-refractivity contribution in [2.24, 2.45) is 0 Å². The van der Waals surface area contributed by atoms with Gasteiger partial charge in [-0.05, 0) is 48.5 Å². The number of sulfonamides is 1. The number of ether oxygens (including phenoxy) is 1. The molecule has 0 heterocycles. The quantitative estimate of drug-likeness (QED) is 0.443. The van der Waals surface area contributed by atoms with Crippen LogP contribution in [0.5, 0.6) is 11.5 Å². The second-order valence-electron chi connectivity index (χ2n) is 6.50. The number of benzene rings is 3. The molecule has 0 fully saturated rings. The highest BCUT2D eigenvalue weighted by Crippen LogP contribution is 2.32. The van der Waals surface area contributed by atoms with E-state index in [1.807, 2.05) is 18.2 Å². The third kappa shape index (κ3) is 6.51. The van der Waals surface area contributed by atoms with E-state index in [0.717, 1.165) is 10.6 Å². The van der Waals surface area contributed by atoms with E-state index in [0.29, 0.717) is 22.2 Å². The Labute approximate surface area is 195 Å². The van der Waals surface area contributed by atoms with Gasteiger partial charge in [-0.25, -0.2) is 8.42 Å². The monoisotopic (exact) mass is 498 g/mol. The molecule has 0 spiro atoms. The number of nitrogens with zero attached hydrogens (tertiary/aromatic N) is 1. The van der Waals surface area contributed by atoms with Crippen LogP contribution in [0.15, 0.2) is 66.7 Å². The molecule has 0 atom stereocenters. The number of nitrogens with one attached hydrogen (secondary N) is 1. The summed E-state index contributed by atoms with van der Waals surface area (Å²) in [7, 11) is -3.81. The maximum atomic E-state index is 12.7. The van der Waals surface area contributed by atoms with Gasteiger partial charge in [0, 0.05) is 15.1 Å². The van der Waals surface area contributed by atoms with Crippen molar-refractivity contribution < 1.29 is 17.9 Å². The number of amides is 1. The molecule has 0 radical (unpaired) electrons. The molecule has 0 saturated heterocycles. The molecular formula is C21H17Cl3N2O4S. The van der Waals surface area contributed by atoms with Crippen molar-refractivity contribution in [3.05, 3.63) is 81.8 Å². The van der Waals surface area contributed by atoms with Gasteiger partial charge in [-0.3, -0.25) is 9.10 Å². The molecule has 0 aliphatic heterocycles. The normalized spacial score (nSPS) is 11.1. The largest absolute Gasteiger partial charge is 0.455 e. The lowest BCUT2D eigenvalue weighted by Crippen LogP contribution is -2.37. The fraction of sp³-hybridized carbons (Fsp3) is 0.0952. The number of anilines is 2. The summed E-state index contributed by atoms with van der Waals surface area (Å²) in [5.74, 6) is 0.300. The van der Waals surface area contributed by atoms with Gasteiger partial charge in [0.15, 0.2) is 5.75 Å². The summed E-state index contributed by atoms with van der Waals surface area (Å²) in [4.78, 5) is 12.7. The Hall–Kier alpha value is -2.45. The Balaban J connectivity index is 1.85. The predicted octanol–water partition coefficient (Wildman–Crippen LogP) is 5.84. The molecule has 6 nitrogen and oxygen atoms in total. The summed E-state index contributed by atoms with van der Waals surface area (Å²) >= 11 is 18.0. The molecule has 3 aromatic carbocycles. The first kappa shape index (κ1) is 23.2. The molecule has 3 rings (SSSR count). The predicted molar refractivity (Wildman–Crippen MR) is 125 cm³/mol. The standard InChI is InChI=1S/C21H17Cl3N2O4S/c1-31(28,29)26(17-10-15(23)9-16(24)11-17)13-21(27)25-19-12-14(22)7-8-20(19)30-18-5-3-2-4-6-18/h2-12H,13H2,1H3,(H,25,27). The van der Waals surface area contributed by atoms with Crippen LogP contribution in [0.3, 0.4) is 0 Å². The van der Waals surface area contributed by atoms with E-state index < -0.39 is 22.5 Å². The highest BCUT2D eigenvalue weighted by atomic mass is 35.5. The third-order valence-electron chi connectivity index (χ3n) is 4.01. The lowest BCUT2D eigenvalue weighted by atomic mass is 10.2.